The summed E-state index contributed by atoms with van der Waals surface area (Å²) in [6, 6.07) is 12.9. The molecule has 0 radical (unpaired) electrons. The van der Waals surface area contributed by atoms with Crippen molar-refractivity contribution in [2.24, 2.45) is 0 Å². The molecule has 0 saturated carbocycles. The first-order chi connectivity index (χ1) is 12.3. The number of amides is 2. The number of nitrogens with one attached hydrogen (secondary N) is 2. The average Bonchev–Trinajstić information content (AvgIpc) is 2.56. The summed E-state index contributed by atoms with van der Waals surface area (Å²) in [5.41, 5.74) is 4.21. The molecule has 2 aromatic carbocycles. The molecule has 0 aliphatic heterocycles. The predicted molar refractivity (Wildman–Crippen MR) is 108 cm³/mol. The monoisotopic (exact) mass is 411 g/mol. The summed E-state index contributed by atoms with van der Waals surface area (Å²) in [6.07, 6.45) is 0. The lowest BCUT2D eigenvalue weighted by atomic mass is 10.0. The van der Waals surface area contributed by atoms with Crippen LogP contribution in [0.25, 0.3) is 10.9 Å². The Labute approximate surface area is 160 Å². The van der Waals surface area contributed by atoms with E-state index >= 15 is 0 Å². The SMILES string of the molecule is CC(=O)Nc1ccc(Br)cc1NC(=O)c1cc(C)nc2ccc(C)cc12. The molecule has 0 spiro atoms. The van der Waals surface area contributed by atoms with Gasteiger partial charge in [0.1, 0.15) is 0 Å². The molecular weight excluding hydrogens is 394 g/mol. The Hall–Kier alpha value is -2.73. The van der Waals surface area contributed by atoms with Crippen molar-refractivity contribution in [3.63, 3.8) is 0 Å². The van der Waals surface area contributed by atoms with E-state index < -0.39 is 0 Å². The molecule has 0 aliphatic carbocycles. The van der Waals surface area contributed by atoms with Crippen LogP contribution in [0.4, 0.5) is 11.4 Å². The Morgan fingerprint density at radius 2 is 1.73 bits per heavy atom. The molecule has 2 N–H and O–H groups in total. The van der Waals surface area contributed by atoms with Gasteiger partial charge in [0.25, 0.3) is 5.91 Å². The van der Waals surface area contributed by atoms with Crippen LogP contribution in [0, 0.1) is 13.8 Å². The number of benzene rings is 2. The molecular formula is C20H18BrN3O2. The van der Waals surface area contributed by atoms with Gasteiger partial charge in [-0.25, -0.2) is 0 Å². The Morgan fingerprint density at radius 1 is 0.962 bits per heavy atom. The fourth-order valence-electron chi connectivity index (χ4n) is 2.77. The Balaban J connectivity index is 2.04. The van der Waals surface area contributed by atoms with Gasteiger partial charge in [0.05, 0.1) is 22.5 Å². The highest BCUT2D eigenvalue weighted by molar-refractivity contribution is 9.10. The highest BCUT2D eigenvalue weighted by atomic mass is 79.9. The summed E-state index contributed by atoms with van der Waals surface area (Å²) in [6.45, 7) is 5.26. The van der Waals surface area contributed by atoms with Crippen LogP contribution in [0.5, 0.6) is 0 Å². The molecule has 5 nitrogen and oxygen atoms in total. The van der Waals surface area contributed by atoms with Crippen LogP contribution in [0.3, 0.4) is 0 Å². The molecule has 0 saturated heterocycles. The number of hydrogen-bond donors (Lipinski definition) is 2. The fourth-order valence-corrected chi connectivity index (χ4v) is 3.13. The smallest absolute Gasteiger partial charge is 0.256 e. The maximum Gasteiger partial charge on any atom is 0.256 e. The summed E-state index contributed by atoms with van der Waals surface area (Å²) in [4.78, 5) is 28.9. The lowest BCUT2D eigenvalue weighted by Crippen LogP contribution is -2.16. The maximum atomic E-state index is 13.0. The van der Waals surface area contributed by atoms with Crippen LogP contribution < -0.4 is 10.6 Å². The van der Waals surface area contributed by atoms with Crippen molar-refractivity contribution in [3.8, 4) is 0 Å². The van der Waals surface area contributed by atoms with Crippen LogP contribution in [0.2, 0.25) is 0 Å². The molecule has 6 heteroatoms. The molecule has 1 heterocycles. The number of rotatable bonds is 3. The van der Waals surface area contributed by atoms with Crippen molar-refractivity contribution in [2.75, 3.05) is 10.6 Å². The molecule has 0 bridgehead atoms. The van der Waals surface area contributed by atoms with Crippen molar-refractivity contribution in [3.05, 3.63) is 63.8 Å². The average molecular weight is 412 g/mol. The molecule has 26 heavy (non-hydrogen) atoms. The van der Waals surface area contributed by atoms with Gasteiger partial charge in [-0.2, -0.15) is 0 Å². The number of carbonyl (C=O) groups excluding carboxylic acids is 2. The standard InChI is InChI=1S/C20H18BrN3O2/c1-11-4-6-17-15(8-11)16(9-12(2)22-17)20(26)24-19-10-14(21)5-7-18(19)23-13(3)25/h4-10H,1-3H3,(H,23,25)(H,24,26). The van der Waals surface area contributed by atoms with Crippen LogP contribution in [0.1, 0.15) is 28.5 Å². The second-order valence-corrected chi connectivity index (χ2v) is 7.07. The summed E-state index contributed by atoms with van der Waals surface area (Å²) < 4.78 is 0.800. The Bertz CT molecular complexity index is 1030. The van der Waals surface area contributed by atoms with E-state index in [0.29, 0.717) is 16.9 Å². The third kappa shape index (κ3) is 3.91. The van der Waals surface area contributed by atoms with Crippen molar-refractivity contribution in [2.45, 2.75) is 20.8 Å². The zero-order valence-electron chi connectivity index (χ0n) is 14.7. The van der Waals surface area contributed by atoms with E-state index in [2.05, 4.69) is 31.5 Å². The lowest BCUT2D eigenvalue weighted by molar-refractivity contribution is -0.114. The minimum atomic E-state index is -0.254. The summed E-state index contributed by atoms with van der Waals surface area (Å²) in [5.74, 6) is -0.459. The van der Waals surface area contributed by atoms with E-state index in [0.717, 1.165) is 26.6 Å². The minimum Gasteiger partial charge on any atom is -0.325 e. The Morgan fingerprint density at radius 3 is 2.46 bits per heavy atom. The summed E-state index contributed by atoms with van der Waals surface area (Å²) in [7, 11) is 0. The molecule has 0 fully saturated rings. The van der Waals surface area contributed by atoms with Crippen molar-refractivity contribution >= 4 is 50.0 Å². The number of carbonyl (C=O) groups is 2. The second-order valence-electron chi connectivity index (χ2n) is 6.16. The molecule has 3 rings (SSSR count). The summed E-state index contributed by atoms with van der Waals surface area (Å²) in [5, 5.41) is 6.42. The molecule has 0 atom stereocenters. The fraction of sp³-hybridized carbons (Fsp3) is 0.150. The minimum absolute atomic E-state index is 0.205. The number of aryl methyl sites for hydroxylation is 2. The van der Waals surface area contributed by atoms with E-state index in [1.165, 1.54) is 6.92 Å². The normalized spacial score (nSPS) is 10.6. The van der Waals surface area contributed by atoms with E-state index in [9.17, 15) is 9.59 Å². The van der Waals surface area contributed by atoms with E-state index in [-0.39, 0.29) is 11.8 Å². The molecule has 2 amide bonds. The summed E-state index contributed by atoms with van der Waals surface area (Å²) >= 11 is 3.40. The number of fused-ring (bicyclic) bond motifs is 1. The van der Waals surface area contributed by atoms with Crippen LogP contribution in [-0.4, -0.2) is 16.8 Å². The van der Waals surface area contributed by atoms with Gasteiger partial charge in [0.15, 0.2) is 0 Å². The van der Waals surface area contributed by atoms with Crippen molar-refractivity contribution in [1.29, 1.82) is 0 Å². The van der Waals surface area contributed by atoms with Gasteiger partial charge < -0.3 is 10.6 Å². The maximum absolute atomic E-state index is 13.0. The number of nitrogens with zero attached hydrogens (tertiary/aromatic N) is 1. The van der Waals surface area contributed by atoms with E-state index in [4.69, 9.17) is 0 Å². The quantitative estimate of drug-likeness (QED) is 0.648. The highest BCUT2D eigenvalue weighted by Crippen LogP contribution is 2.28. The van der Waals surface area contributed by atoms with E-state index in [1.807, 2.05) is 32.0 Å². The van der Waals surface area contributed by atoms with Gasteiger partial charge in [0.2, 0.25) is 5.91 Å². The van der Waals surface area contributed by atoms with Crippen LogP contribution in [-0.2, 0) is 4.79 Å². The highest BCUT2D eigenvalue weighted by Gasteiger charge is 2.15. The van der Waals surface area contributed by atoms with Gasteiger partial charge in [-0.3, -0.25) is 14.6 Å². The largest absolute Gasteiger partial charge is 0.325 e. The number of anilines is 2. The van der Waals surface area contributed by atoms with Crippen LogP contribution >= 0.6 is 15.9 Å². The molecule has 0 unspecified atom stereocenters. The molecule has 3 aromatic rings. The number of pyridine rings is 1. The zero-order valence-corrected chi connectivity index (χ0v) is 16.3. The molecule has 0 aliphatic rings. The second kappa shape index (κ2) is 7.25. The molecule has 132 valence electrons. The number of aromatic nitrogens is 1. The number of halogens is 1. The van der Waals surface area contributed by atoms with Crippen molar-refractivity contribution < 1.29 is 9.59 Å². The third-order valence-electron chi connectivity index (χ3n) is 3.88. The first kappa shape index (κ1) is 18.1. The zero-order chi connectivity index (χ0) is 18.8. The van der Waals surface area contributed by atoms with Gasteiger partial charge in [-0.15, -0.1) is 0 Å². The predicted octanol–water partition coefficient (Wildman–Crippen LogP) is 4.82. The lowest BCUT2D eigenvalue weighted by Gasteiger charge is -2.13. The van der Waals surface area contributed by atoms with Crippen LogP contribution in [0.15, 0.2) is 46.9 Å². The topological polar surface area (TPSA) is 71.1 Å². The van der Waals surface area contributed by atoms with Gasteiger partial charge >= 0.3 is 0 Å². The van der Waals surface area contributed by atoms with E-state index in [1.54, 1.807) is 24.3 Å². The first-order valence-corrected chi connectivity index (χ1v) is 8.89. The van der Waals surface area contributed by atoms with Gasteiger partial charge in [0, 0.05) is 22.5 Å². The van der Waals surface area contributed by atoms with Gasteiger partial charge in [-0.05, 0) is 50.2 Å². The number of hydrogen-bond acceptors (Lipinski definition) is 3. The molecule has 1 aromatic heterocycles. The third-order valence-corrected chi connectivity index (χ3v) is 4.37. The van der Waals surface area contributed by atoms with Gasteiger partial charge in [-0.1, -0.05) is 27.6 Å². The first-order valence-electron chi connectivity index (χ1n) is 8.10. The Kier molecular flexibility index (Phi) is 5.04. The van der Waals surface area contributed by atoms with Crippen molar-refractivity contribution in [1.82, 2.24) is 4.98 Å².